The second kappa shape index (κ2) is 5.18. The van der Waals surface area contributed by atoms with E-state index in [1.54, 1.807) is 26.0 Å². The van der Waals surface area contributed by atoms with Gasteiger partial charge < -0.3 is 5.32 Å². The van der Waals surface area contributed by atoms with Gasteiger partial charge in [-0.05, 0) is 49.2 Å². The first-order chi connectivity index (χ1) is 8.99. The topological polar surface area (TPSA) is 29.1 Å². The molecule has 0 spiro atoms. The average Bonchev–Trinajstić information content (AvgIpc) is 2.37. The second-order valence-corrected chi connectivity index (χ2v) is 4.35. The van der Waals surface area contributed by atoms with Crippen molar-refractivity contribution < 1.29 is 13.6 Å². The summed E-state index contributed by atoms with van der Waals surface area (Å²) in [5.74, 6) is -1.33. The molecule has 2 aromatic carbocycles. The van der Waals surface area contributed by atoms with Gasteiger partial charge in [-0.2, -0.15) is 0 Å². The Balaban J connectivity index is 2.28. The van der Waals surface area contributed by atoms with Crippen molar-refractivity contribution in [2.45, 2.75) is 13.8 Å². The predicted molar refractivity (Wildman–Crippen MR) is 70.2 cm³/mol. The van der Waals surface area contributed by atoms with Crippen LogP contribution in [0.25, 0.3) is 0 Å². The van der Waals surface area contributed by atoms with E-state index < -0.39 is 11.7 Å². The Bertz CT molecular complexity index is 618. The molecule has 0 aromatic heterocycles. The van der Waals surface area contributed by atoms with Crippen LogP contribution in [-0.4, -0.2) is 5.91 Å². The molecule has 2 aromatic rings. The first kappa shape index (κ1) is 13.2. The third-order valence-electron chi connectivity index (χ3n) is 2.88. The van der Waals surface area contributed by atoms with E-state index in [2.05, 4.69) is 5.32 Å². The summed E-state index contributed by atoms with van der Waals surface area (Å²) in [6, 6.07) is 8.57. The summed E-state index contributed by atoms with van der Waals surface area (Å²) in [5, 5.41) is 2.51. The molecule has 0 heterocycles. The molecule has 1 N–H and O–H groups in total. The van der Waals surface area contributed by atoms with E-state index in [9.17, 15) is 13.6 Å². The molecule has 2 nitrogen and oxygen atoms in total. The molecule has 0 unspecified atom stereocenters. The van der Waals surface area contributed by atoms with Crippen molar-refractivity contribution in [3.8, 4) is 0 Å². The number of aryl methyl sites for hydroxylation is 2. The van der Waals surface area contributed by atoms with Crippen LogP contribution < -0.4 is 5.32 Å². The highest BCUT2D eigenvalue weighted by Gasteiger charge is 2.12. The molecule has 4 heteroatoms. The quantitative estimate of drug-likeness (QED) is 0.874. The number of para-hydroxylation sites is 1. The van der Waals surface area contributed by atoms with Gasteiger partial charge in [0.25, 0.3) is 5.91 Å². The molecular formula is C15H13F2NO. The lowest BCUT2D eigenvalue weighted by Crippen LogP contribution is -2.14. The highest BCUT2D eigenvalue weighted by molar-refractivity contribution is 6.04. The molecule has 0 radical (unpaired) electrons. The standard InChI is InChI=1S/C15H13F2NO/c1-9-4-3-5-13(17)14(9)18-15(19)11-6-7-12(16)10(2)8-11/h3-8H,1-2H3,(H,18,19). The van der Waals surface area contributed by atoms with Crippen molar-refractivity contribution in [3.63, 3.8) is 0 Å². The molecule has 98 valence electrons. The lowest BCUT2D eigenvalue weighted by atomic mass is 10.1. The van der Waals surface area contributed by atoms with Crippen LogP contribution in [0.2, 0.25) is 0 Å². The molecule has 0 aliphatic rings. The van der Waals surface area contributed by atoms with Gasteiger partial charge in [0.15, 0.2) is 0 Å². The summed E-state index contributed by atoms with van der Waals surface area (Å²) in [5.41, 5.74) is 1.45. The minimum atomic E-state index is -0.493. The van der Waals surface area contributed by atoms with Crippen molar-refractivity contribution in [1.29, 1.82) is 0 Å². The maximum atomic E-state index is 13.6. The van der Waals surface area contributed by atoms with E-state index in [0.717, 1.165) is 0 Å². The van der Waals surface area contributed by atoms with Crippen LogP contribution in [0.4, 0.5) is 14.5 Å². The Hall–Kier alpha value is -2.23. The molecule has 0 saturated carbocycles. The number of amides is 1. The Labute approximate surface area is 110 Å². The first-order valence-corrected chi connectivity index (χ1v) is 5.81. The number of rotatable bonds is 2. The maximum absolute atomic E-state index is 13.6. The number of hydrogen-bond donors (Lipinski definition) is 1. The van der Waals surface area contributed by atoms with Gasteiger partial charge in [-0.15, -0.1) is 0 Å². The summed E-state index contributed by atoms with van der Waals surface area (Å²) in [4.78, 5) is 12.0. The highest BCUT2D eigenvalue weighted by atomic mass is 19.1. The lowest BCUT2D eigenvalue weighted by molar-refractivity contribution is 0.102. The molecule has 0 atom stereocenters. The van der Waals surface area contributed by atoms with E-state index in [4.69, 9.17) is 0 Å². The molecule has 0 fully saturated rings. The van der Waals surface area contributed by atoms with Gasteiger partial charge in [-0.1, -0.05) is 12.1 Å². The highest BCUT2D eigenvalue weighted by Crippen LogP contribution is 2.20. The molecule has 1 amide bonds. The average molecular weight is 261 g/mol. The fraction of sp³-hybridized carbons (Fsp3) is 0.133. The molecular weight excluding hydrogens is 248 g/mol. The number of anilines is 1. The minimum absolute atomic E-state index is 0.148. The summed E-state index contributed by atoms with van der Waals surface area (Å²) in [7, 11) is 0. The first-order valence-electron chi connectivity index (χ1n) is 5.81. The number of halogens is 2. The van der Waals surface area contributed by atoms with Crippen LogP contribution in [0, 0.1) is 25.5 Å². The Morgan fingerprint density at radius 2 is 1.74 bits per heavy atom. The van der Waals surface area contributed by atoms with Crippen LogP contribution in [0.5, 0.6) is 0 Å². The zero-order valence-corrected chi connectivity index (χ0v) is 10.6. The van der Waals surface area contributed by atoms with Gasteiger partial charge in [-0.25, -0.2) is 8.78 Å². The summed E-state index contributed by atoms with van der Waals surface area (Å²) in [6.45, 7) is 3.27. The van der Waals surface area contributed by atoms with Crippen LogP contribution in [0.1, 0.15) is 21.5 Å². The van der Waals surface area contributed by atoms with E-state index in [-0.39, 0.29) is 11.5 Å². The largest absolute Gasteiger partial charge is 0.319 e. The van der Waals surface area contributed by atoms with Crippen molar-refractivity contribution >= 4 is 11.6 Å². The zero-order valence-electron chi connectivity index (χ0n) is 10.6. The van der Waals surface area contributed by atoms with Gasteiger partial charge >= 0.3 is 0 Å². The smallest absolute Gasteiger partial charge is 0.255 e. The Morgan fingerprint density at radius 3 is 2.37 bits per heavy atom. The number of nitrogens with one attached hydrogen (secondary N) is 1. The zero-order chi connectivity index (χ0) is 14.0. The summed E-state index contributed by atoms with van der Waals surface area (Å²) >= 11 is 0. The van der Waals surface area contributed by atoms with E-state index in [1.165, 1.54) is 24.3 Å². The van der Waals surface area contributed by atoms with Crippen molar-refractivity contribution in [2.24, 2.45) is 0 Å². The number of benzene rings is 2. The normalized spacial score (nSPS) is 10.3. The van der Waals surface area contributed by atoms with Gasteiger partial charge in [0.1, 0.15) is 11.6 Å². The minimum Gasteiger partial charge on any atom is -0.319 e. The fourth-order valence-corrected chi connectivity index (χ4v) is 1.76. The van der Waals surface area contributed by atoms with Crippen LogP contribution in [0.3, 0.4) is 0 Å². The van der Waals surface area contributed by atoms with Gasteiger partial charge in [0.05, 0.1) is 5.69 Å². The summed E-state index contributed by atoms with van der Waals surface area (Å²) in [6.07, 6.45) is 0. The third kappa shape index (κ3) is 2.78. The fourth-order valence-electron chi connectivity index (χ4n) is 1.76. The van der Waals surface area contributed by atoms with E-state index in [0.29, 0.717) is 16.7 Å². The van der Waals surface area contributed by atoms with Crippen molar-refractivity contribution in [3.05, 3.63) is 64.7 Å². The molecule has 0 aliphatic carbocycles. The second-order valence-electron chi connectivity index (χ2n) is 4.35. The van der Waals surface area contributed by atoms with Crippen molar-refractivity contribution in [1.82, 2.24) is 0 Å². The van der Waals surface area contributed by atoms with E-state index >= 15 is 0 Å². The van der Waals surface area contributed by atoms with Gasteiger partial charge in [-0.3, -0.25) is 4.79 Å². The number of carbonyl (C=O) groups excluding carboxylic acids is 1. The van der Waals surface area contributed by atoms with Gasteiger partial charge in [0, 0.05) is 5.56 Å². The Kier molecular flexibility index (Phi) is 3.60. The van der Waals surface area contributed by atoms with Crippen LogP contribution in [-0.2, 0) is 0 Å². The summed E-state index contributed by atoms with van der Waals surface area (Å²) < 4.78 is 26.7. The monoisotopic (exact) mass is 261 g/mol. The maximum Gasteiger partial charge on any atom is 0.255 e. The number of hydrogen-bond acceptors (Lipinski definition) is 1. The van der Waals surface area contributed by atoms with Crippen LogP contribution >= 0.6 is 0 Å². The number of carbonyl (C=O) groups is 1. The molecule has 0 bridgehead atoms. The molecule has 19 heavy (non-hydrogen) atoms. The van der Waals surface area contributed by atoms with Crippen LogP contribution in [0.15, 0.2) is 36.4 Å². The third-order valence-corrected chi connectivity index (χ3v) is 2.88. The SMILES string of the molecule is Cc1cc(C(=O)Nc2c(C)cccc2F)ccc1F. The van der Waals surface area contributed by atoms with Gasteiger partial charge in [0.2, 0.25) is 0 Å². The molecule has 0 aliphatic heterocycles. The lowest BCUT2D eigenvalue weighted by Gasteiger charge is -2.10. The Morgan fingerprint density at radius 1 is 1.00 bits per heavy atom. The molecule has 2 rings (SSSR count). The molecule has 0 saturated heterocycles. The predicted octanol–water partition coefficient (Wildman–Crippen LogP) is 3.83. The van der Waals surface area contributed by atoms with E-state index in [1.807, 2.05) is 0 Å². The van der Waals surface area contributed by atoms with Crippen molar-refractivity contribution in [2.75, 3.05) is 5.32 Å².